The Labute approximate surface area is 124 Å². The van der Waals surface area contributed by atoms with E-state index in [2.05, 4.69) is 5.10 Å². The van der Waals surface area contributed by atoms with Crippen LogP contribution in [0.4, 0.5) is 0 Å². The summed E-state index contributed by atoms with van der Waals surface area (Å²) >= 11 is 0. The lowest BCUT2D eigenvalue weighted by atomic mass is 10.1. The monoisotopic (exact) mass is 294 g/mol. The molecule has 0 bridgehead atoms. The third-order valence-corrected chi connectivity index (χ3v) is 4.12. The number of carboxylic acids is 1. The van der Waals surface area contributed by atoms with Gasteiger partial charge in [0.05, 0.1) is 11.3 Å². The summed E-state index contributed by atoms with van der Waals surface area (Å²) < 4.78 is 1.80. The first kappa shape index (κ1) is 15.5. The van der Waals surface area contributed by atoms with Crippen LogP contribution in [0.1, 0.15) is 28.7 Å². The maximum absolute atomic E-state index is 12.7. The zero-order chi connectivity index (χ0) is 15.7. The van der Waals surface area contributed by atoms with Crippen molar-refractivity contribution in [3.63, 3.8) is 0 Å². The summed E-state index contributed by atoms with van der Waals surface area (Å²) in [6, 6.07) is -0.649. The third kappa shape index (κ3) is 2.78. The van der Waals surface area contributed by atoms with E-state index in [0.29, 0.717) is 30.9 Å². The lowest BCUT2D eigenvalue weighted by molar-refractivity contribution is -0.144. The Hall–Kier alpha value is -1.89. The van der Waals surface area contributed by atoms with Gasteiger partial charge in [0.25, 0.3) is 5.91 Å². The van der Waals surface area contributed by atoms with Gasteiger partial charge in [0.2, 0.25) is 0 Å². The molecule has 1 aliphatic heterocycles. The van der Waals surface area contributed by atoms with Crippen LogP contribution in [0.15, 0.2) is 0 Å². The molecule has 0 spiro atoms. The van der Waals surface area contributed by atoms with E-state index in [1.807, 2.05) is 20.8 Å². The predicted molar refractivity (Wildman–Crippen MR) is 77.3 cm³/mol. The second kappa shape index (κ2) is 5.85. The number of carbonyl (C=O) groups is 2. The van der Waals surface area contributed by atoms with Gasteiger partial charge in [-0.15, -0.1) is 0 Å². The molecular formula is C14H22N4O3. The van der Waals surface area contributed by atoms with Crippen molar-refractivity contribution in [1.82, 2.24) is 19.6 Å². The highest BCUT2D eigenvalue weighted by Crippen LogP contribution is 2.18. The number of carboxylic acid groups (broad SMARTS) is 1. The number of hydrogen-bond acceptors (Lipinski definition) is 4. The molecule has 1 aromatic heterocycles. The van der Waals surface area contributed by atoms with Crippen LogP contribution in [0.2, 0.25) is 0 Å². The topological polar surface area (TPSA) is 78.7 Å². The van der Waals surface area contributed by atoms with Crippen molar-refractivity contribution in [2.45, 2.75) is 33.4 Å². The quantitative estimate of drug-likeness (QED) is 0.871. The lowest BCUT2D eigenvalue weighted by Gasteiger charge is -2.37. The Morgan fingerprint density at radius 2 is 2.00 bits per heavy atom. The van der Waals surface area contributed by atoms with Crippen LogP contribution in [0.25, 0.3) is 0 Å². The Morgan fingerprint density at radius 3 is 2.52 bits per heavy atom. The molecule has 0 aliphatic carbocycles. The molecule has 2 heterocycles. The Bertz CT molecular complexity index is 567. The summed E-state index contributed by atoms with van der Waals surface area (Å²) in [6.07, 6.45) is 0. The Balaban J connectivity index is 2.24. The number of nitrogens with zero attached hydrogens (tertiary/aromatic N) is 4. The predicted octanol–water partition coefficient (Wildman–Crippen LogP) is 0.361. The van der Waals surface area contributed by atoms with Gasteiger partial charge in [-0.25, -0.2) is 0 Å². The lowest BCUT2D eigenvalue weighted by Crippen LogP contribution is -2.56. The first-order valence-electron chi connectivity index (χ1n) is 7.13. The van der Waals surface area contributed by atoms with Gasteiger partial charge in [-0.05, 0) is 27.8 Å². The van der Waals surface area contributed by atoms with Crippen molar-refractivity contribution in [3.8, 4) is 0 Å². The maximum atomic E-state index is 12.7. The summed E-state index contributed by atoms with van der Waals surface area (Å²) in [5.74, 6) is -1.02. The second-order valence-corrected chi connectivity index (χ2v) is 5.45. The summed E-state index contributed by atoms with van der Waals surface area (Å²) in [7, 11) is 1.77. The van der Waals surface area contributed by atoms with Gasteiger partial charge in [0, 0.05) is 31.9 Å². The standard InChI is InChI=1S/C14H22N4O3/c1-5-18-10(3)12(9(2)15-18)13(19)17-7-6-16(4)11(8-17)14(20)21/h11H,5-8H2,1-4H3,(H,20,21). The minimum atomic E-state index is -0.896. The molecule has 116 valence electrons. The molecule has 1 N–H and O–H groups in total. The highest BCUT2D eigenvalue weighted by molar-refractivity contribution is 5.96. The minimum absolute atomic E-state index is 0.121. The van der Waals surface area contributed by atoms with Crippen LogP contribution in [0, 0.1) is 13.8 Å². The number of aryl methyl sites for hydroxylation is 2. The molecule has 0 saturated carbocycles. The zero-order valence-electron chi connectivity index (χ0n) is 13.0. The van der Waals surface area contributed by atoms with Crippen molar-refractivity contribution in [1.29, 1.82) is 0 Å². The number of rotatable bonds is 3. The van der Waals surface area contributed by atoms with Gasteiger partial charge >= 0.3 is 5.97 Å². The normalized spacial score (nSPS) is 19.8. The molecular weight excluding hydrogens is 272 g/mol. The molecule has 1 fully saturated rings. The fourth-order valence-electron chi connectivity index (χ4n) is 2.80. The highest BCUT2D eigenvalue weighted by atomic mass is 16.4. The number of piperazine rings is 1. The smallest absolute Gasteiger partial charge is 0.322 e. The van der Waals surface area contributed by atoms with E-state index in [0.717, 1.165) is 5.69 Å². The van der Waals surface area contributed by atoms with Gasteiger partial charge in [-0.1, -0.05) is 0 Å². The SMILES string of the molecule is CCn1nc(C)c(C(=O)N2CCN(C)C(C(=O)O)C2)c1C. The van der Waals surface area contributed by atoms with E-state index < -0.39 is 12.0 Å². The van der Waals surface area contributed by atoms with E-state index in [-0.39, 0.29) is 12.5 Å². The average Bonchev–Trinajstić information content (AvgIpc) is 2.72. The highest BCUT2D eigenvalue weighted by Gasteiger charge is 2.34. The summed E-state index contributed by atoms with van der Waals surface area (Å²) in [6.45, 7) is 7.68. The molecule has 0 aromatic carbocycles. The van der Waals surface area contributed by atoms with Gasteiger partial charge in [0.15, 0.2) is 0 Å². The number of aromatic nitrogens is 2. The van der Waals surface area contributed by atoms with E-state index in [1.165, 1.54) is 0 Å². The van der Waals surface area contributed by atoms with Crippen molar-refractivity contribution in [3.05, 3.63) is 17.0 Å². The first-order valence-corrected chi connectivity index (χ1v) is 7.13. The molecule has 7 heteroatoms. The van der Waals surface area contributed by atoms with Crippen LogP contribution in [-0.4, -0.2) is 69.3 Å². The molecule has 0 radical (unpaired) electrons. The summed E-state index contributed by atoms with van der Waals surface area (Å²) in [5.41, 5.74) is 2.14. The minimum Gasteiger partial charge on any atom is -0.480 e. The number of aliphatic carboxylic acids is 1. The number of carbonyl (C=O) groups excluding carboxylic acids is 1. The third-order valence-electron chi connectivity index (χ3n) is 4.12. The first-order chi connectivity index (χ1) is 9.86. The largest absolute Gasteiger partial charge is 0.480 e. The molecule has 1 atom stereocenters. The van der Waals surface area contributed by atoms with E-state index in [4.69, 9.17) is 0 Å². The van der Waals surface area contributed by atoms with E-state index >= 15 is 0 Å². The fraction of sp³-hybridized carbons (Fsp3) is 0.643. The van der Waals surface area contributed by atoms with Crippen molar-refractivity contribution >= 4 is 11.9 Å². The van der Waals surface area contributed by atoms with Gasteiger partial charge in [-0.2, -0.15) is 5.10 Å². The van der Waals surface area contributed by atoms with Gasteiger partial charge in [-0.3, -0.25) is 19.2 Å². The fourth-order valence-corrected chi connectivity index (χ4v) is 2.80. The number of hydrogen-bond donors (Lipinski definition) is 1. The van der Waals surface area contributed by atoms with Crippen LogP contribution < -0.4 is 0 Å². The summed E-state index contributed by atoms with van der Waals surface area (Å²) in [5, 5.41) is 13.6. The van der Waals surface area contributed by atoms with Crippen molar-refractivity contribution in [2.75, 3.05) is 26.7 Å². The van der Waals surface area contributed by atoms with Gasteiger partial charge in [0.1, 0.15) is 6.04 Å². The molecule has 1 aliphatic rings. The van der Waals surface area contributed by atoms with Crippen LogP contribution >= 0.6 is 0 Å². The number of likely N-dealkylation sites (N-methyl/N-ethyl adjacent to an activating group) is 1. The molecule has 1 amide bonds. The van der Waals surface area contributed by atoms with Crippen LogP contribution in [0.3, 0.4) is 0 Å². The van der Waals surface area contributed by atoms with Crippen LogP contribution in [0.5, 0.6) is 0 Å². The van der Waals surface area contributed by atoms with E-state index in [1.54, 1.807) is 21.5 Å². The molecule has 21 heavy (non-hydrogen) atoms. The van der Waals surface area contributed by atoms with Crippen LogP contribution in [-0.2, 0) is 11.3 Å². The van der Waals surface area contributed by atoms with E-state index in [9.17, 15) is 14.7 Å². The maximum Gasteiger partial charge on any atom is 0.322 e. The van der Waals surface area contributed by atoms with Crippen molar-refractivity contribution in [2.24, 2.45) is 0 Å². The molecule has 1 unspecified atom stereocenters. The Kier molecular flexibility index (Phi) is 4.32. The molecule has 7 nitrogen and oxygen atoms in total. The summed E-state index contributed by atoms with van der Waals surface area (Å²) in [4.78, 5) is 27.4. The molecule has 1 aromatic rings. The second-order valence-electron chi connectivity index (χ2n) is 5.45. The van der Waals surface area contributed by atoms with Gasteiger partial charge < -0.3 is 10.0 Å². The zero-order valence-corrected chi connectivity index (χ0v) is 13.0. The van der Waals surface area contributed by atoms with Crippen molar-refractivity contribution < 1.29 is 14.7 Å². The molecule has 2 rings (SSSR count). The average molecular weight is 294 g/mol. The Morgan fingerprint density at radius 1 is 1.33 bits per heavy atom. The number of amides is 1. The molecule has 1 saturated heterocycles.